The maximum atomic E-state index is 13.2. The lowest BCUT2D eigenvalue weighted by atomic mass is 9.49. The Hall–Kier alpha value is -5.96. The number of hydrogen-bond acceptors (Lipinski definition) is 14. The normalized spacial score (nSPS) is 29.4. The first-order valence-corrected chi connectivity index (χ1v) is 28.6. The minimum atomic E-state index is -1.14. The first-order chi connectivity index (χ1) is 37.7. The summed E-state index contributed by atoms with van der Waals surface area (Å²) in [6, 6.07) is 12.2. The lowest BCUT2D eigenvalue weighted by Crippen LogP contribution is -2.74. The topological polar surface area (TPSA) is 265 Å². The summed E-state index contributed by atoms with van der Waals surface area (Å²) in [4.78, 5) is 57.7. The highest BCUT2D eigenvalue weighted by Crippen LogP contribution is 2.69. The van der Waals surface area contributed by atoms with Crippen molar-refractivity contribution in [3.63, 3.8) is 0 Å². The molecule has 4 aromatic rings. The van der Waals surface area contributed by atoms with Crippen molar-refractivity contribution in [1.82, 2.24) is 31.2 Å². The maximum Gasteiger partial charge on any atom is 0.250 e. The third-order valence-corrected chi connectivity index (χ3v) is 19.1. The number of para-hydroxylation sites is 1. The van der Waals surface area contributed by atoms with Crippen molar-refractivity contribution >= 4 is 40.2 Å². The molecule has 1 spiro atoms. The van der Waals surface area contributed by atoms with Crippen molar-refractivity contribution in [1.29, 1.82) is 0 Å². The highest BCUT2D eigenvalue weighted by molar-refractivity contribution is 6.03. The van der Waals surface area contributed by atoms with E-state index in [1.807, 2.05) is 37.4 Å². The number of carbonyl (C=O) groups excluding carboxylic acids is 4. The number of likely N-dealkylation sites (N-methyl/N-ethyl adjacent to an activating group) is 1. The number of anilines is 1. The van der Waals surface area contributed by atoms with Gasteiger partial charge in [-0.3, -0.25) is 24.1 Å². The van der Waals surface area contributed by atoms with E-state index in [4.69, 9.17) is 18.9 Å². The van der Waals surface area contributed by atoms with Gasteiger partial charge in [0.05, 0.1) is 45.0 Å². The van der Waals surface area contributed by atoms with Crippen LogP contribution in [0.4, 0.5) is 5.69 Å². The molecule has 5 aliphatic carbocycles. The molecule has 4 heterocycles. The van der Waals surface area contributed by atoms with Crippen LogP contribution in [0.15, 0.2) is 42.5 Å². The number of unbranched alkanes of at least 4 members (excludes halogenated alkanes) is 4. The Kier molecular flexibility index (Phi) is 13.9. The van der Waals surface area contributed by atoms with Crippen LogP contribution in [-0.2, 0) is 58.7 Å². The van der Waals surface area contributed by atoms with Crippen molar-refractivity contribution in [2.45, 2.75) is 156 Å². The molecule has 0 radical (unpaired) electrons. The molecule has 78 heavy (non-hydrogen) atoms. The second-order valence-corrected chi connectivity index (χ2v) is 23.6. The van der Waals surface area contributed by atoms with E-state index >= 15 is 0 Å². The van der Waals surface area contributed by atoms with Crippen LogP contribution in [0.1, 0.15) is 124 Å². The number of ether oxygens (including phenoxy) is 4. The van der Waals surface area contributed by atoms with Gasteiger partial charge < -0.3 is 70.9 Å². The molecule has 2 saturated carbocycles. The third-order valence-electron chi connectivity index (χ3n) is 19.1. The first-order valence-electron chi connectivity index (χ1n) is 28.6. The number of aromatic hydroxyl groups is 2. The molecular weight excluding hydrogens is 999 g/mol. The third kappa shape index (κ3) is 8.51. The summed E-state index contributed by atoms with van der Waals surface area (Å²) in [6.07, 6.45) is 10.2. The molecule has 1 aromatic heterocycles. The Labute approximate surface area is 453 Å². The maximum absolute atomic E-state index is 13.2. The van der Waals surface area contributed by atoms with Gasteiger partial charge in [-0.05, 0) is 119 Å². The Morgan fingerprint density at radius 3 is 2.13 bits per heavy atom. The molecule has 3 fully saturated rings. The van der Waals surface area contributed by atoms with E-state index in [0.29, 0.717) is 81.1 Å². The second-order valence-electron chi connectivity index (χ2n) is 23.6. The summed E-state index contributed by atoms with van der Waals surface area (Å²) in [6.45, 7) is 3.65. The molecule has 3 aromatic carbocycles. The van der Waals surface area contributed by atoms with Crippen LogP contribution in [0, 0.1) is 5.92 Å². The smallest absolute Gasteiger partial charge is 0.250 e. The largest absolute Gasteiger partial charge is 0.504 e. The van der Waals surface area contributed by atoms with Crippen LogP contribution in [-0.4, -0.2) is 149 Å². The van der Waals surface area contributed by atoms with E-state index in [-0.39, 0.29) is 67.7 Å². The molecule has 8 aliphatic rings. The number of hydrogen-bond donors (Lipinski definition) is 10. The van der Waals surface area contributed by atoms with Gasteiger partial charge in [0.2, 0.25) is 23.6 Å². The van der Waals surface area contributed by atoms with Crippen molar-refractivity contribution in [2.75, 3.05) is 65.0 Å². The Morgan fingerprint density at radius 1 is 0.769 bits per heavy atom. The number of aromatic nitrogens is 1. The zero-order chi connectivity index (χ0) is 54.1. The molecule has 1 saturated heterocycles. The fraction of sp³-hybridized carbons (Fsp3) is 0.593. The quantitative estimate of drug-likeness (QED) is 0.0470. The van der Waals surface area contributed by atoms with E-state index in [1.165, 1.54) is 12.8 Å². The number of benzene rings is 3. The van der Waals surface area contributed by atoms with E-state index in [0.717, 1.165) is 96.0 Å². The number of phenolic OH excluding ortho intramolecular Hbond substituents is 2. The van der Waals surface area contributed by atoms with Gasteiger partial charge in [0.25, 0.3) is 0 Å². The predicted octanol–water partition coefficient (Wildman–Crippen LogP) is 4.09. The number of piperidine rings is 1. The number of aromatic amines is 1. The minimum Gasteiger partial charge on any atom is -0.504 e. The molecule has 3 aliphatic heterocycles. The highest BCUT2D eigenvalue weighted by Gasteiger charge is 2.73. The lowest BCUT2D eigenvalue weighted by Gasteiger charge is -2.62. The monoisotopic (exact) mass is 1070 g/mol. The van der Waals surface area contributed by atoms with Gasteiger partial charge in [-0.25, -0.2) is 0 Å². The number of rotatable bonds is 23. The molecule has 19 nitrogen and oxygen atoms in total. The Morgan fingerprint density at radius 2 is 1.44 bits per heavy atom. The number of likely N-dealkylation sites (tertiary alicyclic amines) is 1. The number of fused-ring (bicyclic) bond motifs is 4. The van der Waals surface area contributed by atoms with E-state index in [2.05, 4.69) is 43.4 Å². The van der Waals surface area contributed by atoms with Crippen LogP contribution in [0.5, 0.6) is 23.0 Å². The SMILES string of the molecule is CCCC12c3c4ccc(O)c3O[C@H]1[C@@H](NC(=O)COCC(=O)NCCCCCCCNC(=O)COCC(=O)Nc1cccc3c5c([nH]c13)[C@@H]1Oc3c(O)ccc6c3[C@@]13CCN(CC1CC1)C(C6)[C@]3(O)C5)CC[C@@]2(O)C(NC)C4. The predicted molar refractivity (Wildman–Crippen MR) is 288 cm³/mol. The number of nitrogens with zero attached hydrogens (tertiary/aromatic N) is 1. The van der Waals surface area contributed by atoms with Crippen LogP contribution in [0.2, 0.25) is 0 Å². The van der Waals surface area contributed by atoms with Crippen LogP contribution >= 0.6 is 0 Å². The summed E-state index contributed by atoms with van der Waals surface area (Å²) in [5, 5.41) is 63.5. The molecule has 12 rings (SSSR count). The number of aliphatic hydroxyl groups is 2. The van der Waals surface area contributed by atoms with E-state index < -0.39 is 46.2 Å². The highest BCUT2D eigenvalue weighted by atomic mass is 16.5. The second kappa shape index (κ2) is 20.6. The molecule has 10 N–H and O–H groups in total. The van der Waals surface area contributed by atoms with Gasteiger partial charge in [0.15, 0.2) is 29.1 Å². The molecular formula is C59H75N7O12. The molecule has 9 atom stereocenters. The number of amides is 4. The standard InChI is InChI=1S/C59H75N7O12/c1-3-19-56-48-34-14-16-40(67)52(48)77-54(56)39(18-20-58(56,73)42(25-34)60-2)64-47(72)32-76-30-45(70)62-23-8-6-4-5-7-22-61-44(69)29-75-31-46(71)63-38-11-9-10-36-37-27-59(74)43-26-35-15-17-41(68)53-49(35)57(59,21-24-66(43)28-33-12-13-33)55(78-53)51(37)65-50(36)38/h9-11,14-17,33,39,42-43,54-55,60,65,67-68,73-74H,3-8,12-13,18-32H2,1-2H3,(H,61,69)(H,62,70)(H,63,71)(H,64,72)/t39-,42?,43?,54-,55-,56?,57-,58+,59+/m0/s1. The zero-order valence-electron chi connectivity index (χ0n) is 44.8. The first kappa shape index (κ1) is 52.7. The van der Waals surface area contributed by atoms with Gasteiger partial charge in [-0.2, -0.15) is 0 Å². The molecule has 19 heteroatoms. The Balaban J connectivity index is 0.539. The fourth-order valence-electron chi connectivity index (χ4n) is 15.6. The fourth-order valence-corrected chi connectivity index (χ4v) is 15.6. The lowest BCUT2D eigenvalue weighted by molar-refractivity contribution is -0.173. The summed E-state index contributed by atoms with van der Waals surface area (Å²) < 4.78 is 24.3. The Bertz CT molecular complexity index is 3020. The van der Waals surface area contributed by atoms with Crippen molar-refractivity contribution in [2.24, 2.45) is 5.92 Å². The minimum absolute atomic E-state index is 0.0257. The van der Waals surface area contributed by atoms with Crippen LogP contribution in [0.25, 0.3) is 10.9 Å². The summed E-state index contributed by atoms with van der Waals surface area (Å²) >= 11 is 0. The average Bonchev–Trinajstić information content (AvgIpc) is 2.24. The molecule has 2 bridgehead atoms. The molecule has 418 valence electrons. The van der Waals surface area contributed by atoms with Gasteiger partial charge in [-0.1, -0.05) is 56.9 Å². The number of carbonyl (C=O) groups is 4. The van der Waals surface area contributed by atoms with Gasteiger partial charge in [0.1, 0.15) is 32.5 Å². The van der Waals surface area contributed by atoms with Gasteiger partial charge in [0, 0.05) is 54.7 Å². The van der Waals surface area contributed by atoms with Crippen molar-refractivity contribution in [3.05, 3.63) is 76.0 Å². The van der Waals surface area contributed by atoms with Crippen molar-refractivity contribution in [3.8, 4) is 23.0 Å². The van der Waals surface area contributed by atoms with Gasteiger partial charge in [-0.15, -0.1) is 0 Å². The van der Waals surface area contributed by atoms with Crippen molar-refractivity contribution < 1.29 is 58.6 Å². The summed E-state index contributed by atoms with van der Waals surface area (Å²) in [7, 11) is 1.85. The molecule has 4 amide bonds. The van der Waals surface area contributed by atoms with E-state index in [1.54, 1.807) is 12.1 Å². The zero-order valence-corrected chi connectivity index (χ0v) is 44.8. The van der Waals surface area contributed by atoms with Crippen LogP contribution in [0.3, 0.4) is 0 Å². The number of H-pyrrole nitrogens is 1. The van der Waals surface area contributed by atoms with Crippen LogP contribution < -0.4 is 36.1 Å². The molecule has 3 unspecified atom stereocenters. The summed E-state index contributed by atoms with van der Waals surface area (Å²) in [5.41, 5.74) is 3.23. The number of phenols is 2. The average molecular weight is 1070 g/mol. The van der Waals surface area contributed by atoms with Gasteiger partial charge >= 0.3 is 0 Å². The summed E-state index contributed by atoms with van der Waals surface area (Å²) in [5.74, 6) is 0.212. The number of nitrogens with one attached hydrogen (secondary N) is 6. The van der Waals surface area contributed by atoms with E-state index in [9.17, 15) is 39.6 Å².